The Morgan fingerprint density at radius 3 is 2.50 bits per heavy atom. The largest absolute Gasteiger partial charge is 0.387 e. The van der Waals surface area contributed by atoms with Gasteiger partial charge in [-0.05, 0) is 43.2 Å². The molecule has 1 N–H and O–H groups in total. The normalized spacial score (nSPS) is 16.5. The third-order valence-electron chi connectivity index (χ3n) is 4.95. The lowest BCUT2D eigenvalue weighted by molar-refractivity contribution is 0.0526. The van der Waals surface area contributed by atoms with Crippen molar-refractivity contribution in [3.63, 3.8) is 0 Å². The third-order valence-corrected chi connectivity index (χ3v) is 4.95. The molecule has 1 aliphatic heterocycles. The van der Waals surface area contributed by atoms with E-state index in [2.05, 4.69) is 11.0 Å². The minimum Gasteiger partial charge on any atom is -0.387 e. The molecule has 0 spiro atoms. The summed E-state index contributed by atoms with van der Waals surface area (Å²) in [5.41, 5.74) is 3.61. The van der Waals surface area contributed by atoms with Gasteiger partial charge in [0.05, 0.1) is 6.10 Å². The molecule has 0 aromatic heterocycles. The van der Waals surface area contributed by atoms with Crippen molar-refractivity contribution in [2.24, 2.45) is 0 Å². The molecule has 0 radical (unpaired) electrons. The Labute approximate surface area is 153 Å². The van der Waals surface area contributed by atoms with E-state index in [4.69, 9.17) is 0 Å². The first kappa shape index (κ1) is 18.5. The van der Waals surface area contributed by atoms with E-state index in [-0.39, 0.29) is 5.91 Å². The number of piperazine rings is 1. The SMILES string of the molecule is Cc1ccc(C(O)CN2CCN(C(=O)c3cccc(F)c3)CC2)c(C)c1. The van der Waals surface area contributed by atoms with Crippen LogP contribution in [0.25, 0.3) is 0 Å². The molecule has 1 atom stereocenters. The van der Waals surface area contributed by atoms with Gasteiger partial charge >= 0.3 is 0 Å². The van der Waals surface area contributed by atoms with E-state index in [1.54, 1.807) is 17.0 Å². The van der Waals surface area contributed by atoms with E-state index >= 15 is 0 Å². The molecular formula is C21H25FN2O2. The Morgan fingerprint density at radius 1 is 1.12 bits per heavy atom. The van der Waals surface area contributed by atoms with Crippen LogP contribution in [0.4, 0.5) is 4.39 Å². The zero-order valence-electron chi connectivity index (χ0n) is 15.3. The average Bonchev–Trinajstić information content (AvgIpc) is 2.61. The Kier molecular flexibility index (Phi) is 5.69. The van der Waals surface area contributed by atoms with Crippen molar-refractivity contribution < 1.29 is 14.3 Å². The number of rotatable bonds is 4. The summed E-state index contributed by atoms with van der Waals surface area (Å²) in [7, 11) is 0. The maximum absolute atomic E-state index is 13.3. The highest BCUT2D eigenvalue weighted by Gasteiger charge is 2.24. The molecule has 1 saturated heterocycles. The molecule has 4 nitrogen and oxygen atoms in total. The Morgan fingerprint density at radius 2 is 1.85 bits per heavy atom. The van der Waals surface area contributed by atoms with Crippen LogP contribution >= 0.6 is 0 Å². The van der Waals surface area contributed by atoms with Crippen molar-refractivity contribution in [3.05, 3.63) is 70.5 Å². The number of benzene rings is 2. The molecule has 1 fully saturated rings. The summed E-state index contributed by atoms with van der Waals surface area (Å²) < 4.78 is 13.3. The lowest BCUT2D eigenvalue weighted by Gasteiger charge is -2.36. The smallest absolute Gasteiger partial charge is 0.254 e. The fourth-order valence-corrected chi connectivity index (χ4v) is 3.48. The van der Waals surface area contributed by atoms with Crippen LogP contribution in [-0.4, -0.2) is 53.5 Å². The number of β-amino-alcohol motifs (C(OH)–C–C–N with tert-alkyl or cyclic N) is 1. The number of carbonyl (C=O) groups is 1. The van der Waals surface area contributed by atoms with Crippen LogP contribution in [0.5, 0.6) is 0 Å². The molecule has 0 bridgehead atoms. The number of halogens is 1. The van der Waals surface area contributed by atoms with Crippen LogP contribution in [-0.2, 0) is 0 Å². The van der Waals surface area contributed by atoms with Gasteiger partial charge in [0.15, 0.2) is 0 Å². The van der Waals surface area contributed by atoms with E-state index in [1.165, 1.54) is 17.7 Å². The summed E-state index contributed by atoms with van der Waals surface area (Å²) in [6, 6.07) is 11.9. The Bertz CT molecular complexity index is 785. The molecule has 26 heavy (non-hydrogen) atoms. The maximum Gasteiger partial charge on any atom is 0.254 e. The predicted octanol–water partition coefficient (Wildman–Crippen LogP) is 2.93. The van der Waals surface area contributed by atoms with Gasteiger partial charge in [0.25, 0.3) is 5.91 Å². The molecule has 1 unspecified atom stereocenters. The first-order valence-corrected chi connectivity index (χ1v) is 8.96. The standard InChI is InChI=1S/C21H25FN2O2/c1-15-6-7-19(16(2)12-15)20(25)14-23-8-10-24(11-9-23)21(26)17-4-3-5-18(22)13-17/h3-7,12-13,20,25H,8-11,14H2,1-2H3. The highest BCUT2D eigenvalue weighted by molar-refractivity contribution is 5.94. The molecule has 3 rings (SSSR count). The van der Waals surface area contributed by atoms with E-state index in [1.807, 2.05) is 26.0 Å². The van der Waals surface area contributed by atoms with Crippen molar-refractivity contribution in [3.8, 4) is 0 Å². The van der Waals surface area contributed by atoms with E-state index in [9.17, 15) is 14.3 Å². The van der Waals surface area contributed by atoms with Crippen LogP contribution in [0.1, 0.15) is 33.2 Å². The molecule has 1 amide bonds. The molecule has 1 aliphatic rings. The number of hydrogen-bond acceptors (Lipinski definition) is 3. The maximum atomic E-state index is 13.3. The summed E-state index contributed by atoms with van der Waals surface area (Å²) in [6.45, 7) is 7.15. The number of aliphatic hydroxyl groups is 1. The number of aliphatic hydroxyl groups excluding tert-OH is 1. The highest BCUT2D eigenvalue weighted by Crippen LogP contribution is 2.21. The molecular weight excluding hydrogens is 331 g/mol. The van der Waals surface area contributed by atoms with Crippen LogP contribution in [0.3, 0.4) is 0 Å². The van der Waals surface area contributed by atoms with Gasteiger partial charge in [-0.3, -0.25) is 9.69 Å². The monoisotopic (exact) mass is 356 g/mol. The lowest BCUT2D eigenvalue weighted by Crippen LogP contribution is -2.49. The molecule has 2 aromatic carbocycles. The predicted molar refractivity (Wildman–Crippen MR) is 99.6 cm³/mol. The van der Waals surface area contributed by atoms with Crippen molar-refractivity contribution in [2.45, 2.75) is 20.0 Å². The Balaban J connectivity index is 1.56. The fraction of sp³-hybridized carbons (Fsp3) is 0.381. The van der Waals surface area contributed by atoms with Crippen molar-refractivity contribution >= 4 is 5.91 Å². The fourth-order valence-electron chi connectivity index (χ4n) is 3.48. The number of aryl methyl sites for hydroxylation is 2. The van der Waals surface area contributed by atoms with Gasteiger partial charge in [0, 0.05) is 38.3 Å². The minimum absolute atomic E-state index is 0.140. The number of hydrogen-bond donors (Lipinski definition) is 1. The number of amides is 1. The summed E-state index contributed by atoms with van der Waals surface area (Å²) in [4.78, 5) is 16.4. The van der Waals surface area contributed by atoms with Crippen LogP contribution < -0.4 is 0 Å². The molecule has 0 saturated carbocycles. The van der Waals surface area contributed by atoms with Gasteiger partial charge in [-0.2, -0.15) is 0 Å². The van der Waals surface area contributed by atoms with Crippen molar-refractivity contribution in [1.82, 2.24) is 9.80 Å². The lowest BCUT2D eigenvalue weighted by atomic mass is 10.0. The average molecular weight is 356 g/mol. The topological polar surface area (TPSA) is 43.8 Å². The van der Waals surface area contributed by atoms with Gasteiger partial charge in [-0.15, -0.1) is 0 Å². The third kappa shape index (κ3) is 4.29. The molecule has 1 heterocycles. The van der Waals surface area contributed by atoms with Crippen molar-refractivity contribution in [1.29, 1.82) is 0 Å². The summed E-state index contributed by atoms with van der Waals surface area (Å²) in [6.07, 6.45) is -0.541. The highest BCUT2D eigenvalue weighted by atomic mass is 19.1. The van der Waals surface area contributed by atoms with Crippen molar-refractivity contribution in [2.75, 3.05) is 32.7 Å². The molecule has 5 heteroatoms. The van der Waals surface area contributed by atoms with Gasteiger partial charge in [-0.1, -0.05) is 29.8 Å². The van der Waals surface area contributed by atoms with E-state index in [0.717, 1.165) is 11.1 Å². The van der Waals surface area contributed by atoms with Gasteiger partial charge in [0.1, 0.15) is 5.82 Å². The Hall–Kier alpha value is -2.24. The van der Waals surface area contributed by atoms with Crippen LogP contribution in [0, 0.1) is 19.7 Å². The van der Waals surface area contributed by atoms with Gasteiger partial charge < -0.3 is 10.0 Å². The van der Waals surface area contributed by atoms with Gasteiger partial charge in [0.2, 0.25) is 0 Å². The second-order valence-corrected chi connectivity index (χ2v) is 6.98. The number of nitrogens with zero attached hydrogens (tertiary/aromatic N) is 2. The van der Waals surface area contributed by atoms with Gasteiger partial charge in [-0.25, -0.2) is 4.39 Å². The second kappa shape index (κ2) is 7.98. The quantitative estimate of drug-likeness (QED) is 0.916. The first-order chi connectivity index (χ1) is 12.4. The minimum atomic E-state index is -0.541. The molecule has 2 aromatic rings. The van der Waals surface area contributed by atoms with E-state index in [0.29, 0.717) is 38.3 Å². The second-order valence-electron chi connectivity index (χ2n) is 6.98. The van der Waals surface area contributed by atoms with E-state index < -0.39 is 11.9 Å². The molecule has 138 valence electrons. The van der Waals surface area contributed by atoms with Crippen LogP contribution in [0.15, 0.2) is 42.5 Å². The first-order valence-electron chi connectivity index (χ1n) is 8.96. The summed E-state index contributed by atoms with van der Waals surface area (Å²) in [5, 5.41) is 10.6. The summed E-state index contributed by atoms with van der Waals surface area (Å²) >= 11 is 0. The number of carbonyl (C=O) groups excluding carboxylic acids is 1. The zero-order valence-corrected chi connectivity index (χ0v) is 15.3. The summed E-state index contributed by atoms with van der Waals surface area (Å²) in [5.74, 6) is -0.537. The van der Waals surface area contributed by atoms with Crippen LogP contribution in [0.2, 0.25) is 0 Å². The zero-order chi connectivity index (χ0) is 18.7. The molecule has 0 aliphatic carbocycles.